The number of likely N-dealkylation sites (N-methyl/N-ethyl adjacent to an activating group) is 1. The normalized spacial score (nSPS) is 14.3. The topological polar surface area (TPSA) is 41.3 Å². The van der Waals surface area contributed by atoms with E-state index in [9.17, 15) is 0 Å². The molecule has 0 rings (SSSR count). The molecule has 0 saturated heterocycles. The van der Waals surface area contributed by atoms with E-state index in [2.05, 4.69) is 44.6 Å². The highest BCUT2D eigenvalue weighted by atomic mass is 15.3. The van der Waals surface area contributed by atoms with Gasteiger partial charge >= 0.3 is 0 Å². The molecule has 0 aromatic heterocycles. The molecule has 15 heavy (non-hydrogen) atoms. The van der Waals surface area contributed by atoms with E-state index in [0.29, 0.717) is 0 Å². The molecule has 3 heteroatoms. The van der Waals surface area contributed by atoms with Gasteiger partial charge in [-0.2, -0.15) is 0 Å². The summed E-state index contributed by atoms with van der Waals surface area (Å²) in [6, 6.07) is 0.146. The van der Waals surface area contributed by atoms with Crippen molar-refractivity contribution in [2.45, 2.75) is 52.1 Å². The lowest BCUT2D eigenvalue weighted by Crippen LogP contribution is -2.61. The summed E-state index contributed by atoms with van der Waals surface area (Å²) in [6.07, 6.45) is 4.07. The molecule has 0 amide bonds. The zero-order chi connectivity index (χ0) is 11.9. The Hall–Kier alpha value is -0.380. The zero-order valence-corrected chi connectivity index (χ0v) is 10.7. The second kappa shape index (κ2) is 6.99. The Morgan fingerprint density at radius 3 is 1.93 bits per heavy atom. The van der Waals surface area contributed by atoms with E-state index < -0.39 is 0 Å². The summed E-state index contributed by atoms with van der Waals surface area (Å²) in [4.78, 5) is 2.47. The number of rotatable bonds is 8. The highest BCUT2D eigenvalue weighted by Crippen LogP contribution is 2.28. The summed E-state index contributed by atoms with van der Waals surface area (Å²) in [6.45, 7) is 14.8. The van der Waals surface area contributed by atoms with Gasteiger partial charge in [0, 0.05) is 5.54 Å². The van der Waals surface area contributed by atoms with E-state index in [0.717, 1.165) is 25.9 Å². The standard InChI is InChI=1S/C12H27N3/c1-6-11(14-13)12(7-2,8-3)15(9-4)10-5/h6,11,14H,1,7-10,13H2,2-5H3. The van der Waals surface area contributed by atoms with Gasteiger partial charge in [-0.25, -0.2) is 0 Å². The minimum Gasteiger partial charge on any atom is -0.296 e. The van der Waals surface area contributed by atoms with Gasteiger partial charge in [0.2, 0.25) is 0 Å². The fourth-order valence-electron chi connectivity index (χ4n) is 2.63. The third-order valence-electron chi connectivity index (χ3n) is 3.61. The maximum Gasteiger partial charge on any atom is 0.0571 e. The number of hydrazine groups is 1. The zero-order valence-electron chi connectivity index (χ0n) is 10.7. The van der Waals surface area contributed by atoms with Gasteiger partial charge in [-0.3, -0.25) is 16.2 Å². The molecule has 0 aromatic rings. The summed E-state index contributed by atoms with van der Waals surface area (Å²) in [5, 5.41) is 0. The van der Waals surface area contributed by atoms with Crippen LogP contribution in [0, 0.1) is 0 Å². The molecule has 0 saturated carbocycles. The fourth-order valence-corrected chi connectivity index (χ4v) is 2.63. The van der Waals surface area contributed by atoms with Gasteiger partial charge in [0.05, 0.1) is 6.04 Å². The van der Waals surface area contributed by atoms with Gasteiger partial charge in [-0.1, -0.05) is 33.8 Å². The van der Waals surface area contributed by atoms with Crippen LogP contribution in [-0.2, 0) is 0 Å². The smallest absolute Gasteiger partial charge is 0.0571 e. The molecule has 90 valence electrons. The Morgan fingerprint density at radius 2 is 1.73 bits per heavy atom. The van der Waals surface area contributed by atoms with Crippen LogP contribution in [0.4, 0.5) is 0 Å². The Labute approximate surface area is 94.7 Å². The molecular weight excluding hydrogens is 186 g/mol. The van der Waals surface area contributed by atoms with Crippen molar-refractivity contribution in [3.8, 4) is 0 Å². The monoisotopic (exact) mass is 213 g/mol. The summed E-state index contributed by atoms with van der Waals surface area (Å²) >= 11 is 0. The Kier molecular flexibility index (Phi) is 6.81. The van der Waals surface area contributed by atoms with Crippen molar-refractivity contribution < 1.29 is 0 Å². The highest BCUT2D eigenvalue weighted by Gasteiger charge is 2.37. The predicted molar refractivity (Wildman–Crippen MR) is 67.5 cm³/mol. The first kappa shape index (κ1) is 14.6. The Balaban J connectivity index is 5.06. The molecule has 0 fully saturated rings. The second-order valence-electron chi connectivity index (χ2n) is 3.86. The van der Waals surface area contributed by atoms with E-state index in [4.69, 9.17) is 5.84 Å². The van der Waals surface area contributed by atoms with Crippen LogP contribution in [-0.4, -0.2) is 29.6 Å². The molecule has 1 atom stereocenters. The largest absolute Gasteiger partial charge is 0.296 e. The molecule has 3 N–H and O–H groups in total. The first-order valence-corrected chi connectivity index (χ1v) is 6.00. The van der Waals surface area contributed by atoms with Gasteiger partial charge in [-0.15, -0.1) is 6.58 Å². The van der Waals surface area contributed by atoms with Crippen LogP contribution >= 0.6 is 0 Å². The summed E-state index contributed by atoms with van der Waals surface area (Å²) in [7, 11) is 0. The first-order chi connectivity index (χ1) is 7.16. The van der Waals surface area contributed by atoms with Crippen LogP contribution in [0.3, 0.4) is 0 Å². The van der Waals surface area contributed by atoms with Crippen LogP contribution in [0.25, 0.3) is 0 Å². The van der Waals surface area contributed by atoms with Crippen LogP contribution in [0.2, 0.25) is 0 Å². The van der Waals surface area contributed by atoms with E-state index in [-0.39, 0.29) is 11.6 Å². The average Bonchev–Trinajstić information content (AvgIpc) is 2.29. The lowest BCUT2D eigenvalue weighted by Gasteiger charge is -2.46. The van der Waals surface area contributed by atoms with Gasteiger partial charge < -0.3 is 0 Å². The number of hydrogen-bond acceptors (Lipinski definition) is 3. The van der Waals surface area contributed by atoms with E-state index in [1.807, 2.05) is 6.08 Å². The van der Waals surface area contributed by atoms with Gasteiger partial charge in [0.25, 0.3) is 0 Å². The SMILES string of the molecule is C=CC(NN)C(CC)(CC)N(CC)CC. The number of nitrogens with two attached hydrogens (primary N) is 1. The van der Waals surface area contributed by atoms with Crippen LogP contribution in [0.5, 0.6) is 0 Å². The van der Waals surface area contributed by atoms with Crippen LogP contribution in [0.15, 0.2) is 12.7 Å². The van der Waals surface area contributed by atoms with Crippen molar-refractivity contribution in [1.29, 1.82) is 0 Å². The minimum absolute atomic E-state index is 0.0972. The van der Waals surface area contributed by atoms with Crippen LogP contribution < -0.4 is 11.3 Å². The van der Waals surface area contributed by atoms with Gasteiger partial charge in [0.1, 0.15) is 0 Å². The Bertz CT molecular complexity index is 172. The van der Waals surface area contributed by atoms with E-state index in [1.54, 1.807) is 0 Å². The molecule has 0 bridgehead atoms. The van der Waals surface area contributed by atoms with Crippen LogP contribution in [0.1, 0.15) is 40.5 Å². The van der Waals surface area contributed by atoms with Crippen molar-refractivity contribution in [2.75, 3.05) is 13.1 Å². The molecule has 0 aliphatic carbocycles. The molecule has 0 aromatic carbocycles. The van der Waals surface area contributed by atoms with Gasteiger partial charge in [-0.05, 0) is 25.9 Å². The van der Waals surface area contributed by atoms with Crippen molar-refractivity contribution in [3.63, 3.8) is 0 Å². The summed E-state index contributed by atoms with van der Waals surface area (Å²) < 4.78 is 0. The Morgan fingerprint density at radius 1 is 1.27 bits per heavy atom. The van der Waals surface area contributed by atoms with Crippen molar-refractivity contribution in [2.24, 2.45) is 5.84 Å². The minimum atomic E-state index is 0.0972. The van der Waals surface area contributed by atoms with E-state index in [1.165, 1.54) is 0 Å². The molecule has 0 spiro atoms. The highest BCUT2D eigenvalue weighted by molar-refractivity contribution is 5.05. The lowest BCUT2D eigenvalue weighted by atomic mass is 9.82. The number of nitrogens with one attached hydrogen (secondary N) is 1. The summed E-state index contributed by atoms with van der Waals surface area (Å²) in [5.41, 5.74) is 2.98. The second-order valence-corrected chi connectivity index (χ2v) is 3.86. The average molecular weight is 213 g/mol. The quantitative estimate of drug-likeness (QED) is 0.368. The predicted octanol–water partition coefficient (Wildman–Crippen LogP) is 1.90. The third kappa shape index (κ3) is 2.80. The van der Waals surface area contributed by atoms with Crippen molar-refractivity contribution in [1.82, 2.24) is 10.3 Å². The summed E-state index contributed by atoms with van der Waals surface area (Å²) in [5.74, 6) is 5.62. The maximum absolute atomic E-state index is 5.62. The van der Waals surface area contributed by atoms with Crippen molar-refractivity contribution >= 4 is 0 Å². The first-order valence-electron chi connectivity index (χ1n) is 6.00. The number of nitrogens with zero attached hydrogens (tertiary/aromatic N) is 1. The molecule has 0 aliphatic heterocycles. The molecule has 3 nitrogen and oxygen atoms in total. The number of hydrogen-bond donors (Lipinski definition) is 2. The third-order valence-corrected chi connectivity index (χ3v) is 3.61. The van der Waals surface area contributed by atoms with Gasteiger partial charge in [0.15, 0.2) is 0 Å². The maximum atomic E-state index is 5.62. The fraction of sp³-hybridized carbons (Fsp3) is 0.833. The molecule has 1 unspecified atom stereocenters. The molecule has 0 heterocycles. The lowest BCUT2D eigenvalue weighted by molar-refractivity contribution is 0.0650. The molecular formula is C12H27N3. The van der Waals surface area contributed by atoms with E-state index >= 15 is 0 Å². The molecule has 0 radical (unpaired) electrons. The molecule has 0 aliphatic rings. The van der Waals surface area contributed by atoms with Crippen molar-refractivity contribution in [3.05, 3.63) is 12.7 Å².